The maximum Gasteiger partial charge on any atom is 0.222 e. The van der Waals surface area contributed by atoms with E-state index >= 15 is 0 Å². The Morgan fingerprint density at radius 1 is 0.969 bits per heavy atom. The number of nitrogens with two attached hydrogens (primary N) is 1. The van der Waals surface area contributed by atoms with Gasteiger partial charge < -0.3 is 40.1 Å². The summed E-state index contributed by atoms with van der Waals surface area (Å²) in [4.78, 5) is 15.0. The van der Waals surface area contributed by atoms with Crippen molar-refractivity contribution in [3.05, 3.63) is 30.0 Å². The van der Waals surface area contributed by atoms with Crippen molar-refractivity contribution in [1.29, 1.82) is 0 Å². The van der Waals surface area contributed by atoms with Gasteiger partial charge in [-0.1, -0.05) is 13.8 Å². The van der Waals surface area contributed by atoms with Crippen LogP contribution in [0.1, 0.15) is 25.8 Å². The van der Waals surface area contributed by atoms with Crippen molar-refractivity contribution in [2.45, 2.75) is 26.7 Å². The number of aromatic amines is 1. The first kappa shape index (κ1) is 27.9. The topological polar surface area (TPSA) is 128 Å². The number of benzene rings is 1. The number of amides is 1. The van der Waals surface area contributed by atoms with Crippen molar-refractivity contribution in [3.8, 4) is 5.75 Å². The molecule has 0 aliphatic heterocycles. The largest absolute Gasteiger partial charge is 0.508 e. The molecule has 9 nitrogen and oxygen atoms in total. The average molecular weight is 454 g/mol. The van der Waals surface area contributed by atoms with Gasteiger partial charge in [0.1, 0.15) is 5.75 Å². The monoisotopic (exact) mass is 453 g/mol. The Bertz CT molecular complexity index is 738. The lowest BCUT2D eigenvalue weighted by Crippen LogP contribution is -2.26. The second-order valence-corrected chi connectivity index (χ2v) is 6.63. The fraction of sp³-hybridized carbons (Fsp3) is 0.609. The molecule has 0 unspecified atom stereocenters. The molecule has 0 aliphatic rings. The first-order valence-electron chi connectivity index (χ1n) is 11.3. The fourth-order valence-corrected chi connectivity index (χ4v) is 2.81. The second-order valence-electron chi connectivity index (χ2n) is 6.63. The van der Waals surface area contributed by atoms with Gasteiger partial charge in [0, 0.05) is 36.6 Å². The zero-order chi connectivity index (χ0) is 23.4. The number of rotatable bonds is 17. The molecule has 0 atom stereocenters. The highest BCUT2D eigenvalue weighted by molar-refractivity contribution is 5.84. The van der Waals surface area contributed by atoms with Crippen molar-refractivity contribution < 1.29 is 28.8 Å². The molecule has 2 rings (SSSR count). The molecule has 0 fully saturated rings. The van der Waals surface area contributed by atoms with Gasteiger partial charge in [0.05, 0.1) is 52.9 Å². The minimum atomic E-state index is -0.0520. The van der Waals surface area contributed by atoms with E-state index in [9.17, 15) is 9.90 Å². The first-order chi connectivity index (χ1) is 15.7. The average Bonchev–Trinajstić information content (AvgIpc) is 3.20. The number of phenols is 1. The summed E-state index contributed by atoms with van der Waals surface area (Å²) in [5.41, 5.74) is 7.33. The van der Waals surface area contributed by atoms with E-state index < -0.39 is 0 Å². The Labute approximate surface area is 190 Å². The normalized spacial score (nSPS) is 10.7. The molecule has 2 aromatic rings. The summed E-state index contributed by atoms with van der Waals surface area (Å²) in [6.07, 6.45) is 2.89. The highest BCUT2D eigenvalue weighted by Gasteiger charge is 2.06. The zero-order valence-electron chi connectivity index (χ0n) is 19.4. The van der Waals surface area contributed by atoms with Crippen LogP contribution >= 0.6 is 0 Å². The molecule has 0 aliphatic carbocycles. The Morgan fingerprint density at radius 3 is 2.19 bits per heavy atom. The van der Waals surface area contributed by atoms with Crippen molar-refractivity contribution in [3.63, 3.8) is 0 Å². The van der Waals surface area contributed by atoms with Crippen molar-refractivity contribution >= 4 is 16.8 Å². The van der Waals surface area contributed by atoms with Crippen molar-refractivity contribution in [2.75, 3.05) is 65.9 Å². The van der Waals surface area contributed by atoms with Crippen molar-refractivity contribution in [1.82, 2.24) is 10.3 Å². The predicted octanol–water partition coefficient (Wildman–Crippen LogP) is 1.97. The minimum Gasteiger partial charge on any atom is -0.508 e. The third kappa shape index (κ3) is 12.0. The van der Waals surface area contributed by atoms with Crippen molar-refractivity contribution in [2.24, 2.45) is 5.73 Å². The van der Waals surface area contributed by atoms with Crippen LogP contribution in [-0.2, 0) is 30.2 Å². The van der Waals surface area contributed by atoms with E-state index in [0.29, 0.717) is 78.8 Å². The lowest BCUT2D eigenvalue weighted by atomic mass is 10.1. The number of aromatic nitrogens is 1. The van der Waals surface area contributed by atoms with Gasteiger partial charge in [0.25, 0.3) is 0 Å². The van der Waals surface area contributed by atoms with Gasteiger partial charge in [-0.2, -0.15) is 0 Å². The zero-order valence-corrected chi connectivity index (χ0v) is 19.4. The molecule has 9 heteroatoms. The Hall–Kier alpha value is -2.17. The number of fused-ring (bicyclic) bond motifs is 1. The minimum absolute atomic E-state index is 0.0520. The summed E-state index contributed by atoms with van der Waals surface area (Å²) in [6, 6.07) is 5.20. The molecule has 0 spiro atoms. The van der Waals surface area contributed by atoms with E-state index in [0.717, 1.165) is 16.5 Å². The summed E-state index contributed by atoms with van der Waals surface area (Å²) >= 11 is 0. The van der Waals surface area contributed by atoms with Crippen LogP contribution in [0.2, 0.25) is 0 Å². The fourth-order valence-electron chi connectivity index (χ4n) is 2.81. The van der Waals surface area contributed by atoms with Crippen LogP contribution < -0.4 is 11.1 Å². The van der Waals surface area contributed by atoms with Crippen LogP contribution in [0.15, 0.2) is 24.4 Å². The molecule has 1 aromatic carbocycles. The number of aromatic hydroxyl groups is 1. The van der Waals surface area contributed by atoms with E-state index in [1.807, 2.05) is 26.1 Å². The summed E-state index contributed by atoms with van der Waals surface area (Å²) in [5.74, 6) is 0.179. The Morgan fingerprint density at radius 2 is 1.56 bits per heavy atom. The van der Waals surface area contributed by atoms with Gasteiger partial charge >= 0.3 is 0 Å². The smallest absolute Gasteiger partial charge is 0.222 e. The molecule has 5 N–H and O–H groups in total. The lowest BCUT2D eigenvalue weighted by Gasteiger charge is -2.08. The number of H-pyrrole nitrogens is 1. The van der Waals surface area contributed by atoms with Crippen LogP contribution in [0.4, 0.5) is 0 Å². The number of hydrogen-bond acceptors (Lipinski definition) is 7. The van der Waals surface area contributed by atoms with Crippen LogP contribution in [-0.4, -0.2) is 81.9 Å². The molecule has 0 radical (unpaired) electrons. The van der Waals surface area contributed by atoms with E-state index in [-0.39, 0.29) is 11.7 Å². The molecule has 0 saturated carbocycles. The molecule has 1 amide bonds. The molecule has 1 heterocycles. The molecule has 0 bridgehead atoms. The van der Waals surface area contributed by atoms with Crippen LogP contribution in [0, 0.1) is 0 Å². The number of nitrogens with one attached hydrogen (secondary N) is 2. The Kier molecular flexibility index (Phi) is 16.0. The SMILES string of the molecule is CC.NCCOCCOCCOCCOCCC(=O)NCCc1c[nH]c2ccc(O)cc12. The number of hydrogen-bond donors (Lipinski definition) is 4. The molecular weight excluding hydrogens is 414 g/mol. The number of carbonyl (C=O) groups excluding carboxylic acids is 1. The highest BCUT2D eigenvalue weighted by atomic mass is 16.6. The standard InChI is InChI=1S/C21H33N3O6.C2H6/c22-5-8-28-10-12-30-14-13-29-11-9-27-7-4-21(26)23-6-3-17-16-24-20-2-1-18(25)15-19(17)20;1-2/h1-2,15-16,24-25H,3-14,22H2,(H,23,26);1-2H3. The lowest BCUT2D eigenvalue weighted by molar-refractivity contribution is -0.122. The highest BCUT2D eigenvalue weighted by Crippen LogP contribution is 2.22. The number of phenolic OH excluding ortho intramolecular Hbond substituents is 1. The molecule has 32 heavy (non-hydrogen) atoms. The molecule has 182 valence electrons. The molecular formula is C23H39N3O6. The van der Waals surface area contributed by atoms with Crippen LogP contribution in [0.25, 0.3) is 10.9 Å². The molecule has 0 saturated heterocycles. The van der Waals surface area contributed by atoms with Gasteiger partial charge in [-0.3, -0.25) is 4.79 Å². The van der Waals surface area contributed by atoms with E-state index in [2.05, 4.69) is 10.3 Å². The predicted molar refractivity (Wildman–Crippen MR) is 125 cm³/mol. The summed E-state index contributed by atoms with van der Waals surface area (Å²) in [6.45, 7) is 8.90. The van der Waals surface area contributed by atoms with Gasteiger partial charge in [-0.15, -0.1) is 0 Å². The van der Waals surface area contributed by atoms with E-state index in [1.54, 1.807) is 12.1 Å². The maximum atomic E-state index is 11.9. The maximum absolute atomic E-state index is 11.9. The Balaban J connectivity index is 0.00000249. The number of ether oxygens (including phenoxy) is 4. The summed E-state index contributed by atoms with van der Waals surface area (Å²) in [7, 11) is 0. The van der Waals surface area contributed by atoms with Crippen LogP contribution in [0.3, 0.4) is 0 Å². The van der Waals surface area contributed by atoms with E-state index in [1.165, 1.54) is 0 Å². The summed E-state index contributed by atoms with van der Waals surface area (Å²) in [5, 5.41) is 13.5. The third-order valence-electron chi connectivity index (χ3n) is 4.32. The second kappa shape index (κ2) is 18.4. The van der Waals surface area contributed by atoms with Gasteiger partial charge in [0.2, 0.25) is 5.91 Å². The molecule has 1 aromatic heterocycles. The third-order valence-corrected chi connectivity index (χ3v) is 4.32. The number of carbonyl (C=O) groups is 1. The first-order valence-corrected chi connectivity index (χ1v) is 11.3. The quantitative estimate of drug-likeness (QED) is 0.270. The van der Waals surface area contributed by atoms with E-state index in [4.69, 9.17) is 24.7 Å². The van der Waals surface area contributed by atoms with Gasteiger partial charge in [0.15, 0.2) is 0 Å². The van der Waals surface area contributed by atoms with Gasteiger partial charge in [-0.25, -0.2) is 0 Å². The van der Waals surface area contributed by atoms with Crippen LogP contribution in [0.5, 0.6) is 5.75 Å². The summed E-state index contributed by atoms with van der Waals surface area (Å²) < 4.78 is 21.3. The van der Waals surface area contributed by atoms with Gasteiger partial charge in [-0.05, 0) is 30.2 Å².